The standard InChI is InChI=1S/C19H27NO3/c1-2-3-11-19(22,16-7-5-4-6-8-16)18(21)23-17-14-20-12-9-15(17)10-13-20/h4-8,15,17,22H,2-3,9-14H2,1H3/t17-,19-/m0/s1. The predicted octanol–water partition coefficient (Wildman–Crippen LogP) is 2.70. The molecule has 4 nitrogen and oxygen atoms in total. The van der Waals surface area contributed by atoms with E-state index in [1.165, 1.54) is 0 Å². The third-order valence-corrected chi connectivity index (χ3v) is 5.34. The van der Waals surface area contributed by atoms with Crippen LogP contribution in [0.3, 0.4) is 0 Å². The molecule has 1 aromatic rings. The Balaban J connectivity index is 1.75. The Hall–Kier alpha value is -1.39. The van der Waals surface area contributed by atoms with Crippen molar-refractivity contribution < 1.29 is 14.6 Å². The molecule has 4 heteroatoms. The van der Waals surface area contributed by atoms with Crippen molar-refractivity contribution in [2.75, 3.05) is 19.6 Å². The van der Waals surface area contributed by atoms with Crippen molar-refractivity contribution in [2.24, 2.45) is 5.92 Å². The second-order valence-electron chi connectivity index (χ2n) is 6.91. The molecule has 4 rings (SSSR count). The number of aliphatic hydroxyl groups is 1. The topological polar surface area (TPSA) is 49.8 Å². The van der Waals surface area contributed by atoms with Crippen LogP contribution in [0.2, 0.25) is 0 Å². The lowest BCUT2D eigenvalue weighted by Crippen LogP contribution is -2.53. The van der Waals surface area contributed by atoms with E-state index < -0.39 is 11.6 Å². The lowest BCUT2D eigenvalue weighted by molar-refractivity contribution is -0.182. The second kappa shape index (κ2) is 7.02. The number of piperidine rings is 3. The van der Waals surface area contributed by atoms with Crippen LogP contribution in [0.25, 0.3) is 0 Å². The normalized spacial score (nSPS) is 29.0. The Morgan fingerprint density at radius 1 is 1.30 bits per heavy atom. The van der Waals surface area contributed by atoms with Gasteiger partial charge in [0.15, 0.2) is 5.60 Å². The average Bonchev–Trinajstić information content (AvgIpc) is 2.61. The van der Waals surface area contributed by atoms with E-state index in [0.29, 0.717) is 17.9 Å². The maximum absolute atomic E-state index is 12.8. The maximum atomic E-state index is 12.8. The van der Waals surface area contributed by atoms with E-state index in [1.807, 2.05) is 30.3 Å². The summed E-state index contributed by atoms with van der Waals surface area (Å²) in [5.74, 6) is -0.0222. The molecule has 2 atom stereocenters. The van der Waals surface area contributed by atoms with Gasteiger partial charge in [0.25, 0.3) is 0 Å². The van der Waals surface area contributed by atoms with Crippen molar-refractivity contribution >= 4 is 5.97 Å². The Labute approximate surface area is 138 Å². The SMILES string of the molecule is CCCC[C@@](O)(C(=O)O[C@H]1CN2CCC1CC2)c1ccccc1. The molecular formula is C19H27NO3. The molecule has 3 aliphatic rings. The van der Waals surface area contributed by atoms with E-state index >= 15 is 0 Å². The van der Waals surface area contributed by atoms with Crippen LogP contribution in [0, 0.1) is 5.92 Å². The summed E-state index contributed by atoms with van der Waals surface area (Å²) in [6.07, 6.45) is 4.26. The fraction of sp³-hybridized carbons (Fsp3) is 0.632. The number of carbonyl (C=O) groups excluding carboxylic acids is 1. The Kier molecular flexibility index (Phi) is 5.02. The summed E-state index contributed by atoms with van der Waals surface area (Å²) in [6, 6.07) is 9.23. The minimum absolute atomic E-state index is 0.0677. The minimum Gasteiger partial charge on any atom is -0.458 e. The summed E-state index contributed by atoms with van der Waals surface area (Å²) < 4.78 is 5.81. The lowest BCUT2D eigenvalue weighted by Gasteiger charge is -2.44. The van der Waals surface area contributed by atoms with Crippen LogP contribution in [0.1, 0.15) is 44.6 Å². The number of nitrogens with zero attached hydrogens (tertiary/aromatic N) is 1. The molecule has 23 heavy (non-hydrogen) atoms. The summed E-state index contributed by atoms with van der Waals surface area (Å²) in [4.78, 5) is 15.2. The van der Waals surface area contributed by atoms with Crippen LogP contribution in [-0.4, -0.2) is 41.7 Å². The van der Waals surface area contributed by atoms with Gasteiger partial charge in [-0.3, -0.25) is 4.90 Å². The lowest BCUT2D eigenvalue weighted by atomic mass is 9.85. The quantitative estimate of drug-likeness (QED) is 0.820. The molecule has 0 amide bonds. The number of rotatable bonds is 6. The first-order valence-electron chi connectivity index (χ1n) is 8.85. The minimum atomic E-state index is -1.52. The number of hydrogen-bond donors (Lipinski definition) is 1. The van der Waals surface area contributed by atoms with Crippen molar-refractivity contribution in [3.05, 3.63) is 35.9 Å². The summed E-state index contributed by atoms with van der Waals surface area (Å²) in [5.41, 5.74) is -0.886. The average molecular weight is 317 g/mol. The maximum Gasteiger partial charge on any atom is 0.343 e. The van der Waals surface area contributed by atoms with Gasteiger partial charge in [-0.05, 0) is 50.3 Å². The molecule has 0 radical (unpaired) electrons. The number of esters is 1. The van der Waals surface area contributed by atoms with E-state index in [-0.39, 0.29) is 6.10 Å². The molecule has 1 aromatic carbocycles. The molecule has 3 aliphatic heterocycles. The van der Waals surface area contributed by atoms with Gasteiger partial charge in [0, 0.05) is 6.54 Å². The second-order valence-corrected chi connectivity index (χ2v) is 6.91. The smallest absolute Gasteiger partial charge is 0.343 e. The number of fused-ring (bicyclic) bond motifs is 3. The number of hydrogen-bond acceptors (Lipinski definition) is 4. The van der Waals surface area contributed by atoms with Gasteiger partial charge in [-0.15, -0.1) is 0 Å². The van der Waals surface area contributed by atoms with Crippen LogP contribution in [-0.2, 0) is 15.1 Å². The van der Waals surface area contributed by atoms with Crippen LogP contribution < -0.4 is 0 Å². The predicted molar refractivity (Wildman–Crippen MR) is 88.9 cm³/mol. The first-order chi connectivity index (χ1) is 11.1. The summed E-state index contributed by atoms with van der Waals surface area (Å²) in [6.45, 7) is 5.09. The monoisotopic (exact) mass is 317 g/mol. The number of unbranched alkanes of at least 4 members (excludes halogenated alkanes) is 1. The molecule has 126 valence electrons. The third-order valence-electron chi connectivity index (χ3n) is 5.34. The van der Waals surface area contributed by atoms with Gasteiger partial charge in [-0.1, -0.05) is 43.7 Å². The Morgan fingerprint density at radius 3 is 2.57 bits per heavy atom. The van der Waals surface area contributed by atoms with E-state index in [1.54, 1.807) is 0 Å². The number of ether oxygens (including phenoxy) is 1. The van der Waals surface area contributed by atoms with Gasteiger partial charge >= 0.3 is 5.97 Å². The van der Waals surface area contributed by atoms with Gasteiger partial charge in [-0.2, -0.15) is 0 Å². The van der Waals surface area contributed by atoms with Gasteiger partial charge in [0.1, 0.15) is 6.10 Å². The summed E-state index contributed by atoms with van der Waals surface area (Å²) in [7, 11) is 0. The van der Waals surface area contributed by atoms with Gasteiger partial charge in [0.2, 0.25) is 0 Å². The fourth-order valence-electron chi connectivity index (χ4n) is 3.79. The third kappa shape index (κ3) is 3.43. The van der Waals surface area contributed by atoms with E-state index in [4.69, 9.17) is 4.74 Å². The zero-order valence-electron chi connectivity index (χ0n) is 13.9. The molecular weight excluding hydrogens is 290 g/mol. The molecule has 3 saturated heterocycles. The molecule has 0 unspecified atom stereocenters. The Bertz CT molecular complexity index is 525. The molecule has 0 aromatic heterocycles. The van der Waals surface area contributed by atoms with Crippen molar-refractivity contribution in [2.45, 2.75) is 50.7 Å². The molecule has 0 saturated carbocycles. The highest BCUT2D eigenvalue weighted by atomic mass is 16.6. The molecule has 1 N–H and O–H groups in total. The highest BCUT2D eigenvalue weighted by Gasteiger charge is 2.43. The van der Waals surface area contributed by atoms with Crippen molar-refractivity contribution in [1.82, 2.24) is 4.90 Å². The number of benzene rings is 1. The molecule has 3 fully saturated rings. The van der Waals surface area contributed by atoms with E-state index in [9.17, 15) is 9.90 Å². The summed E-state index contributed by atoms with van der Waals surface area (Å²) in [5, 5.41) is 11.1. The first kappa shape index (κ1) is 16.5. The van der Waals surface area contributed by atoms with E-state index in [0.717, 1.165) is 45.3 Å². The zero-order chi connectivity index (χ0) is 16.3. The van der Waals surface area contributed by atoms with Crippen LogP contribution in [0.4, 0.5) is 0 Å². The van der Waals surface area contributed by atoms with E-state index in [2.05, 4.69) is 11.8 Å². The Morgan fingerprint density at radius 2 is 2.00 bits per heavy atom. The zero-order valence-corrected chi connectivity index (χ0v) is 13.9. The largest absolute Gasteiger partial charge is 0.458 e. The number of carbonyl (C=O) groups is 1. The van der Waals surface area contributed by atoms with Gasteiger partial charge in [0.05, 0.1) is 0 Å². The van der Waals surface area contributed by atoms with Gasteiger partial charge < -0.3 is 9.84 Å². The molecule has 0 aliphatic carbocycles. The first-order valence-corrected chi connectivity index (χ1v) is 8.85. The van der Waals surface area contributed by atoms with Crippen molar-refractivity contribution in [1.29, 1.82) is 0 Å². The van der Waals surface area contributed by atoms with Gasteiger partial charge in [-0.25, -0.2) is 4.79 Å². The van der Waals surface area contributed by atoms with Crippen LogP contribution >= 0.6 is 0 Å². The highest BCUT2D eigenvalue weighted by molar-refractivity contribution is 5.81. The van der Waals surface area contributed by atoms with Crippen LogP contribution in [0.15, 0.2) is 30.3 Å². The molecule has 2 bridgehead atoms. The highest BCUT2D eigenvalue weighted by Crippen LogP contribution is 2.34. The van der Waals surface area contributed by atoms with Crippen LogP contribution in [0.5, 0.6) is 0 Å². The summed E-state index contributed by atoms with van der Waals surface area (Å²) >= 11 is 0. The van der Waals surface area contributed by atoms with Crippen molar-refractivity contribution in [3.8, 4) is 0 Å². The fourth-order valence-corrected chi connectivity index (χ4v) is 3.79. The van der Waals surface area contributed by atoms with Crippen molar-refractivity contribution in [3.63, 3.8) is 0 Å². The molecule has 3 heterocycles. The molecule has 0 spiro atoms.